The summed E-state index contributed by atoms with van der Waals surface area (Å²) in [5.41, 5.74) is 6.83. The van der Waals surface area contributed by atoms with E-state index in [2.05, 4.69) is 32.2 Å². The number of carbonyl (C=O) groups is 1. The van der Waals surface area contributed by atoms with E-state index in [-0.39, 0.29) is 11.9 Å². The highest BCUT2D eigenvalue weighted by molar-refractivity contribution is 5.90. The van der Waals surface area contributed by atoms with E-state index in [0.717, 1.165) is 37.9 Å². The smallest absolute Gasteiger partial charge is 0.240 e. The SMILES string of the molecule is CCCNc1nc(N2CCCC2C(N)=O)c2[nH]cnc2n1. The highest BCUT2D eigenvalue weighted by atomic mass is 16.1. The molecule has 0 saturated carbocycles. The molecule has 2 aromatic rings. The third kappa shape index (κ3) is 2.48. The van der Waals surface area contributed by atoms with Crippen LogP contribution in [-0.4, -0.2) is 45.0 Å². The molecular weight excluding hydrogens is 270 g/mol. The summed E-state index contributed by atoms with van der Waals surface area (Å²) in [4.78, 5) is 29.7. The number of carbonyl (C=O) groups excluding carboxylic acids is 1. The number of nitrogens with two attached hydrogens (primary N) is 1. The van der Waals surface area contributed by atoms with E-state index in [1.807, 2.05) is 4.90 Å². The van der Waals surface area contributed by atoms with E-state index in [1.54, 1.807) is 6.33 Å². The molecule has 0 aromatic carbocycles. The van der Waals surface area contributed by atoms with Crippen molar-refractivity contribution in [2.24, 2.45) is 5.73 Å². The number of primary amides is 1. The summed E-state index contributed by atoms with van der Waals surface area (Å²) in [6.45, 7) is 3.62. The number of rotatable bonds is 5. The third-order valence-corrected chi connectivity index (χ3v) is 3.65. The van der Waals surface area contributed by atoms with Crippen LogP contribution in [0.25, 0.3) is 11.2 Å². The molecule has 1 amide bonds. The Morgan fingerprint density at radius 1 is 1.57 bits per heavy atom. The number of amides is 1. The Balaban J connectivity index is 2.03. The van der Waals surface area contributed by atoms with Crippen LogP contribution >= 0.6 is 0 Å². The molecule has 0 spiro atoms. The molecule has 1 saturated heterocycles. The molecule has 8 heteroatoms. The van der Waals surface area contributed by atoms with Crippen molar-refractivity contribution in [1.29, 1.82) is 0 Å². The van der Waals surface area contributed by atoms with Crippen molar-refractivity contribution in [2.45, 2.75) is 32.2 Å². The van der Waals surface area contributed by atoms with E-state index in [4.69, 9.17) is 5.73 Å². The molecule has 1 atom stereocenters. The molecule has 112 valence electrons. The highest BCUT2D eigenvalue weighted by Gasteiger charge is 2.32. The molecule has 4 N–H and O–H groups in total. The van der Waals surface area contributed by atoms with Crippen molar-refractivity contribution < 1.29 is 4.79 Å². The van der Waals surface area contributed by atoms with Crippen molar-refractivity contribution in [1.82, 2.24) is 19.9 Å². The summed E-state index contributed by atoms with van der Waals surface area (Å²) in [7, 11) is 0. The van der Waals surface area contributed by atoms with Gasteiger partial charge in [-0.2, -0.15) is 9.97 Å². The largest absolute Gasteiger partial charge is 0.368 e. The third-order valence-electron chi connectivity index (χ3n) is 3.65. The molecule has 0 bridgehead atoms. The number of H-pyrrole nitrogens is 1. The Kier molecular flexibility index (Phi) is 3.59. The topological polar surface area (TPSA) is 113 Å². The summed E-state index contributed by atoms with van der Waals surface area (Å²) < 4.78 is 0. The van der Waals surface area contributed by atoms with Gasteiger partial charge >= 0.3 is 0 Å². The molecule has 3 heterocycles. The number of hydrogen-bond acceptors (Lipinski definition) is 6. The van der Waals surface area contributed by atoms with Crippen LogP contribution in [0.2, 0.25) is 0 Å². The lowest BCUT2D eigenvalue weighted by atomic mass is 10.2. The van der Waals surface area contributed by atoms with Crippen LogP contribution in [0.15, 0.2) is 6.33 Å². The molecule has 1 aliphatic rings. The van der Waals surface area contributed by atoms with Gasteiger partial charge in [-0.25, -0.2) is 4.98 Å². The van der Waals surface area contributed by atoms with E-state index >= 15 is 0 Å². The van der Waals surface area contributed by atoms with Gasteiger partial charge in [-0.1, -0.05) is 6.92 Å². The zero-order valence-electron chi connectivity index (χ0n) is 12.0. The van der Waals surface area contributed by atoms with Crippen molar-refractivity contribution >= 4 is 28.8 Å². The quantitative estimate of drug-likeness (QED) is 0.744. The first-order chi connectivity index (χ1) is 10.2. The number of aromatic amines is 1. The van der Waals surface area contributed by atoms with Crippen LogP contribution in [0, 0.1) is 0 Å². The fraction of sp³-hybridized carbons (Fsp3) is 0.538. The second-order valence-electron chi connectivity index (χ2n) is 5.15. The average Bonchev–Trinajstić information content (AvgIpc) is 3.12. The van der Waals surface area contributed by atoms with Crippen LogP contribution in [-0.2, 0) is 4.79 Å². The summed E-state index contributed by atoms with van der Waals surface area (Å²) in [6.07, 6.45) is 4.24. The normalized spacial score (nSPS) is 18.3. The summed E-state index contributed by atoms with van der Waals surface area (Å²) >= 11 is 0. The Hall–Kier alpha value is -2.38. The minimum absolute atomic E-state index is 0.314. The number of hydrogen-bond donors (Lipinski definition) is 3. The van der Waals surface area contributed by atoms with Gasteiger partial charge in [-0.05, 0) is 19.3 Å². The molecule has 1 fully saturated rings. The lowest BCUT2D eigenvalue weighted by molar-refractivity contribution is -0.119. The first kappa shape index (κ1) is 13.6. The van der Waals surface area contributed by atoms with Gasteiger partial charge in [0.25, 0.3) is 0 Å². The number of fused-ring (bicyclic) bond motifs is 1. The lowest BCUT2D eigenvalue weighted by Crippen LogP contribution is -2.41. The molecule has 0 radical (unpaired) electrons. The Labute approximate surface area is 122 Å². The van der Waals surface area contributed by atoms with Gasteiger partial charge in [0.1, 0.15) is 11.6 Å². The van der Waals surface area contributed by atoms with Crippen LogP contribution in [0.5, 0.6) is 0 Å². The highest BCUT2D eigenvalue weighted by Crippen LogP contribution is 2.29. The van der Waals surface area contributed by atoms with Crippen molar-refractivity contribution in [3.05, 3.63) is 6.33 Å². The maximum Gasteiger partial charge on any atom is 0.240 e. The Bertz CT molecular complexity index is 653. The second-order valence-corrected chi connectivity index (χ2v) is 5.15. The second kappa shape index (κ2) is 5.55. The van der Waals surface area contributed by atoms with Gasteiger partial charge in [0.05, 0.1) is 6.33 Å². The Morgan fingerprint density at radius 2 is 2.43 bits per heavy atom. The summed E-state index contributed by atoms with van der Waals surface area (Å²) in [5.74, 6) is 0.904. The van der Waals surface area contributed by atoms with Gasteiger partial charge in [-0.15, -0.1) is 0 Å². The molecule has 3 rings (SSSR count). The zero-order valence-corrected chi connectivity index (χ0v) is 12.0. The van der Waals surface area contributed by atoms with Crippen LogP contribution in [0.3, 0.4) is 0 Å². The maximum absolute atomic E-state index is 11.6. The number of anilines is 2. The molecule has 1 aliphatic heterocycles. The zero-order chi connectivity index (χ0) is 14.8. The van der Waals surface area contributed by atoms with Gasteiger partial charge in [0.15, 0.2) is 11.5 Å². The average molecular weight is 289 g/mol. The Morgan fingerprint density at radius 3 is 3.19 bits per heavy atom. The van der Waals surface area contributed by atoms with Crippen molar-refractivity contribution in [3.8, 4) is 0 Å². The van der Waals surface area contributed by atoms with Crippen molar-refractivity contribution in [2.75, 3.05) is 23.3 Å². The molecule has 8 nitrogen and oxygen atoms in total. The van der Waals surface area contributed by atoms with Gasteiger partial charge < -0.3 is 20.9 Å². The predicted octanol–water partition coefficient (Wildman–Crippen LogP) is 0.629. The van der Waals surface area contributed by atoms with E-state index in [1.165, 1.54) is 0 Å². The lowest BCUT2D eigenvalue weighted by Gasteiger charge is -2.23. The fourth-order valence-corrected chi connectivity index (χ4v) is 2.66. The number of nitrogens with zero attached hydrogens (tertiary/aromatic N) is 4. The molecule has 0 aliphatic carbocycles. The predicted molar refractivity (Wildman–Crippen MR) is 80.0 cm³/mol. The van der Waals surface area contributed by atoms with E-state index in [9.17, 15) is 4.79 Å². The molecule has 21 heavy (non-hydrogen) atoms. The summed E-state index contributed by atoms with van der Waals surface area (Å²) in [6, 6.07) is -0.314. The molecular formula is C13H19N7O. The van der Waals surface area contributed by atoms with Crippen molar-refractivity contribution in [3.63, 3.8) is 0 Å². The minimum atomic E-state index is -0.318. The van der Waals surface area contributed by atoms with Crippen LogP contribution in [0.4, 0.5) is 11.8 Å². The fourth-order valence-electron chi connectivity index (χ4n) is 2.66. The monoisotopic (exact) mass is 289 g/mol. The number of nitrogens with one attached hydrogen (secondary N) is 2. The minimum Gasteiger partial charge on any atom is -0.368 e. The van der Waals surface area contributed by atoms with Gasteiger partial charge in [0.2, 0.25) is 11.9 Å². The van der Waals surface area contributed by atoms with E-state index in [0.29, 0.717) is 17.4 Å². The first-order valence-corrected chi connectivity index (χ1v) is 7.21. The van der Waals surface area contributed by atoms with Gasteiger partial charge in [0, 0.05) is 13.1 Å². The molecule has 1 unspecified atom stereocenters. The van der Waals surface area contributed by atoms with Crippen LogP contribution < -0.4 is 16.0 Å². The van der Waals surface area contributed by atoms with E-state index < -0.39 is 0 Å². The summed E-state index contributed by atoms with van der Waals surface area (Å²) in [5, 5.41) is 3.17. The molecule has 2 aromatic heterocycles. The number of imidazole rings is 1. The van der Waals surface area contributed by atoms with Crippen LogP contribution in [0.1, 0.15) is 26.2 Å². The number of aromatic nitrogens is 4. The first-order valence-electron chi connectivity index (χ1n) is 7.21. The standard InChI is InChI=1S/C13H19N7O/c1-2-5-15-13-18-11-9(16-7-17-11)12(19-13)20-6-3-4-8(20)10(14)21/h7-8H,2-6H2,1H3,(H2,14,21)(H2,15,16,17,18,19). The maximum atomic E-state index is 11.6. The van der Waals surface area contributed by atoms with Gasteiger partial charge in [-0.3, -0.25) is 4.79 Å².